The Morgan fingerprint density at radius 3 is 2.67 bits per heavy atom. The maximum Gasteiger partial charge on any atom is 0.251 e. The van der Waals surface area contributed by atoms with E-state index in [4.69, 9.17) is 9.47 Å². The lowest BCUT2D eigenvalue weighted by Crippen LogP contribution is -2.36. The highest BCUT2D eigenvalue weighted by molar-refractivity contribution is 5.94. The van der Waals surface area contributed by atoms with Gasteiger partial charge in [0.1, 0.15) is 6.10 Å². The van der Waals surface area contributed by atoms with E-state index in [9.17, 15) is 9.59 Å². The van der Waals surface area contributed by atoms with Gasteiger partial charge in [0.05, 0.1) is 12.7 Å². The molecule has 2 rings (SSSR count). The van der Waals surface area contributed by atoms with Crippen molar-refractivity contribution in [2.24, 2.45) is 0 Å². The van der Waals surface area contributed by atoms with Crippen molar-refractivity contribution in [2.75, 3.05) is 19.8 Å². The van der Waals surface area contributed by atoms with Crippen LogP contribution < -0.4 is 10.6 Å². The normalized spacial score (nSPS) is 17.9. The largest absolute Gasteiger partial charge is 0.376 e. The number of rotatable bonds is 10. The Bertz CT molecular complexity index is 582. The van der Waals surface area contributed by atoms with Crippen LogP contribution in [0.5, 0.6) is 0 Å². The van der Waals surface area contributed by atoms with Gasteiger partial charge < -0.3 is 20.1 Å². The van der Waals surface area contributed by atoms with Crippen LogP contribution in [0.15, 0.2) is 24.3 Å². The maximum atomic E-state index is 12.2. The molecule has 1 fully saturated rings. The fourth-order valence-electron chi connectivity index (χ4n) is 2.85. The van der Waals surface area contributed by atoms with Crippen LogP contribution >= 0.6 is 0 Å². The van der Waals surface area contributed by atoms with Crippen LogP contribution in [0, 0.1) is 0 Å². The van der Waals surface area contributed by atoms with Crippen molar-refractivity contribution in [3.63, 3.8) is 0 Å². The number of carbonyl (C=O) groups is 2. The predicted octanol–water partition coefficient (Wildman–Crippen LogP) is 2.81. The number of benzene rings is 1. The highest BCUT2D eigenvalue weighted by Gasteiger charge is 2.18. The third-order valence-electron chi connectivity index (χ3n) is 4.67. The minimum Gasteiger partial charge on any atom is -0.376 e. The minimum atomic E-state index is -0.515. The molecule has 0 radical (unpaired) electrons. The number of nitrogens with one attached hydrogen (secondary N) is 2. The summed E-state index contributed by atoms with van der Waals surface area (Å²) in [5.41, 5.74) is 1.57. The van der Waals surface area contributed by atoms with Crippen LogP contribution in [0.25, 0.3) is 0 Å². The first kappa shape index (κ1) is 21.4. The molecule has 0 saturated carbocycles. The van der Waals surface area contributed by atoms with Gasteiger partial charge >= 0.3 is 0 Å². The summed E-state index contributed by atoms with van der Waals surface area (Å²) >= 11 is 0. The molecule has 2 atom stereocenters. The van der Waals surface area contributed by atoms with E-state index in [1.54, 1.807) is 19.1 Å². The third-order valence-corrected chi connectivity index (χ3v) is 4.67. The van der Waals surface area contributed by atoms with Gasteiger partial charge in [-0.15, -0.1) is 0 Å². The number of carbonyl (C=O) groups excluding carboxylic acids is 2. The number of unbranched alkanes of at least 4 members (excludes halogenated alkanes) is 1. The molecule has 6 nitrogen and oxygen atoms in total. The van der Waals surface area contributed by atoms with Gasteiger partial charge in [0.15, 0.2) is 0 Å². The number of amides is 2. The molecule has 0 bridgehead atoms. The molecule has 2 unspecified atom stereocenters. The minimum absolute atomic E-state index is 0.0639. The van der Waals surface area contributed by atoms with E-state index in [1.165, 1.54) is 0 Å². The van der Waals surface area contributed by atoms with E-state index in [2.05, 4.69) is 17.6 Å². The molecule has 1 aromatic carbocycles. The van der Waals surface area contributed by atoms with Crippen molar-refractivity contribution in [1.82, 2.24) is 10.6 Å². The first-order valence-corrected chi connectivity index (χ1v) is 9.98. The standard InChI is InChI=1S/C21H32N2O4/c1-3-4-12-22-21(25)18-10-8-17(9-11-18)14-23-20(24)16(2)27-15-19-7-5-6-13-26-19/h8-11,16,19H,3-7,12-15H2,1-2H3,(H,22,25)(H,23,24). The molecule has 0 spiro atoms. The van der Waals surface area contributed by atoms with Crippen molar-refractivity contribution >= 4 is 11.8 Å². The second kappa shape index (κ2) is 11.7. The Labute approximate surface area is 162 Å². The zero-order valence-electron chi connectivity index (χ0n) is 16.5. The van der Waals surface area contributed by atoms with E-state index in [0.29, 0.717) is 25.3 Å². The fourth-order valence-corrected chi connectivity index (χ4v) is 2.85. The summed E-state index contributed by atoms with van der Waals surface area (Å²) in [5.74, 6) is -0.210. The van der Waals surface area contributed by atoms with E-state index >= 15 is 0 Å². The maximum absolute atomic E-state index is 12.2. The second-order valence-corrected chi connectivity index (χ2v) is 6.99. The van der Waals surface area contributed by atoms with E-state index in [1.807, 2.05) is 12.1 Å². The zero-order valence-corrected chi connectivity index (χ0v) is 16.5. The predicted molar refractivity (Wildman–Crippen MR) is 105 cm³/mol. The van der Waals surface area contributed by atoms with Crippen molar-refractivity contribution in [3.05, 3.63) is 35.4 Å². The highest BCUT2D eigenvalue weighted by atomic mass is 16.5. The zero-order chi connectivity index (χ0) is 19.5. The molecule has 6 heteroatoms. The van der Waals surface area contributed by atoms with Gasteiger partial charge in [-0.1, -0.05) is 25.5 Å². The van der Waals surface area contributed by atoms with Crippen molar-refractivity contribution in [1.29, 1.82) is 0 Å². The van der Waals surface area contributed by atoms with Gasteiger partial charge in [0.2, 0.25) is 5.91 Å². The van der Waals surface area contributed by atoms with Crippen LogP contribution in [-0.2, 0) is 20.8 Å². The van der Waals surface area contributed by atoms with Crippen LogP contribution in [0.2, 0.25) is 0 Å². The number of hydrogen-bond donors (Lipinski definition) is 2. The summed E-state index contributed by atoms with van der Waals surface area (Å²) < 4.78 is 11.2. The monoisotopic (exact) mass is 376 g/mol. The Morgan fingerprint density at radius 2 is 2.00 bits per heavy atom. The summed E-state index contributed by atoms with van der Waals surface area (Å²) in [6.07, 6.45) is 4.86. The summed E-state index contributed by atoms with van der Waals surface area (Å²) in [7, 11) is 0. The van der Waals surface area contributed by atoms with E-state index in [-0.39, 0.29) is 17.9 Å². The molecule has 1 aliphatic heterocycles. The van der Waals surface area contributed by atoms with Gasteiger partial charge in [-0.25, -0.2) is 0 Å². The van der Waals surface area contributed by atoms with Gasteiger partial charge in [-0.05, 0) is 50.3 Å². The van der Waals surface area contributed by atoms with Crippen LogP contribution in [-0.4, -0.2) is 43.8 Å². The lowest BCUT2D eigenvalue weighted by Gasteiger charge is -2.23. The summed E-state index contributed by atoms with van der Waals surface area (Å²) in [4.78, 5) is 24.2. The Hall–Kier alpha value is -1.92. The molecule has 0 aliphatic carbocycles. The second-order valence-electron chi connectivity index (χ2n) is 6.99. The molecule has 1 heterocycles. The molecule has 150 valence electrons. The van der Waals surface area contributed by atoms with E-state index in [0.717, 1.165) is 44.3 Å². The van der Waals surface area contributed by atoms with Crippen LogP contribution in [0.3, 0.4) is 0 Å². The Kier molecular flexibility index (Phi) is 9.28. The molecular formula is C21H32N2O4. The first-order valence-electron chi connectivity index (χ1n) is 9.98. The SMILES string of the molecule is CCCCNC(=O)c1ccc(CNC(=O)C(C)OCC2CCCCO2)cc1. The van der Waals surface area contributed by atoms with Crippen molar-refractivity contribution < 1.29 is 19.1 Å². The Balaban J connectivity index is 1.70. The molecule has 2 N–H and O–H groups in total. The lowest BCUT2D eigenvalue weighted by molar-refractivity contribution is -0.135. The van der Waals surface area contributed by atoms with Crippen molar-refractivity contribution in [2.45, 2.75) is 64.7 Å². The van der Waals surface area contributed by atoms with Crippen molar-refractivity contribution in [3.8, 4) is 0 Å². The lowest BCUT2D eigenvalue weighted by atomic mass is 10.1. The third kappa shape index (κ3) is 7.69. The Morgan fingerprint density at radius 1 is 1.22 bits per heavy atom. The average Bonchev–Trinajstić information content (AvgIpc) is 2.71. The van der Waals surface area contributed by atoms with Gasteiger partial charge in [-0.3, -0.25) is 9.59 Å². The first-order chi connectivity index (χ1) is 13.1. The number of hydrogen-bond acceptors (Lipinski definition) is 4. The fraction of sp³-hybridized carbons (Fsp3) is 0.619. The molecule has 1 saturated heterocycles. The molecule has 27 heavy (non-hydrogen) atoms. The smallest absolute Gasteiger partial charge is 0.251 e. The average molecular weight is 376 g/mol. The number of ether oxygens (including phenoxy) is 2. The molecular weight excluding hydrogens is 344 g/mol. The van der Waals surface area contributed by atoms with E-state index < -0.39 is 6.10 Å². The summed E-state index contributed by atoms with van der Waals surface area (Å²) in [6.45, 7) is 6.17. The highest BCUT2D eigenvalue weighted by Crippen LogP contribution is 2.13. The molecule has 2 amide bonds. The topological polar surface area (TPSA) is 76.7 Å². The molecule has 1 aliphatic rings. The van der Waals surface area contributed by atoms with Gasteiger partial charge in [0, 0.05) is 25.3 Å². The summed E-state index contributed by atoms with van der Waals surface area (Å²) in [6, 6.07) is 7.28. The van der Waals surface area contributed by atoms with Gasteiger partial charge in [-0.2, -0.15) is 0 Å². The molecule has 0 aromatic heterocycles. The summed E-state index contributed by atoms with van der Waals surface area (Å²) in [5, 5.41) is 5.76. The van der Waals surface area contributed by atoms with Crippen LogP contribution in [0.1, 0.15) is 61.9 Å². The van der Waals surface area contributed by atoms with Gasteiger partial charge in [0.25, 0.3) is 5.91 Å². The quantitative estimate of drug-likeness (QED) is 0.616. The molecule has 1 aromatic rings. The van der Waals surface area contributed by atoms with Crippen LogP contribution in [0.4, 0.5) is 0 Å².